The highest BCUT2D eigenvalue weighted by Crippen LogP contribution is 2.25. The number of anilines is 1. The molecule has 0 radical (unpaired) electrons. The van der Waals surface area contributed by atoms with Gasteiger partial charge in [-0.25, -0.2) is 4.79 Å². The molecule has 1 aromatic carbocycles. The molecule has 2 aromatic heterocycles. The standard InChI is InChI=1S/C17H14BrCl2N5O3/c1-9(17(27)28)25-7-11(5-21-25)16(26)22-15-12(18)8-24(23-15)6-10-2-3-13(19)14(20)4-10/h2-5,7-9H,6H2,1H3,(H,27,28)(H,22,23,26). The van der Waals surface area contributed by atoms with Crippen LogP contribution >= 0.6 is 39.1 Å². The monoisotopic (exact) mass is 485 g/mol. The topological polar surface area (TPSA) is 102 Å². The Labute approximate surface area is 178 Å². The van der Waals surface area contributed by atoms with Crippen molar-refractivity contribution in [2.45, 2.75) is 19.5 Å². The van der Waals surface area contributed by atoms with E-state index in [2.05, 4.69) is 31.4 Å². The fraction of sp³-hybridized carbons (Fsp3) is 0.176. The Morgan fingerprint density at radius 3 is 2.71 bits per heavy atom. The number of halogens is 3. The molecule has 146 valence electrons. The number of nitrogens with one attached hydrogen (secondary N) is 1. The fourth-order valence-corrected chi connectivity index (χ4v) is 3.08. The summed E-state index contributed by atoms with van der Waals surface area (Å²) < 4.78 is 3.43. The van der Waals surface area contributed by atoms with Gasteiger partial charge < -0.3 is 10.4 Å². The van der Waals surface area contributed by atoms with Crippen LogP contribution in [0.15, 0.2) is 41.3 Å². The summed E-state index contributed by atoms with van der Waals surface area (Å²) in [7, 11) is 0. The lowest BCUT2D eigenvalue weighted by Gasteiger charge is -2.05. The summed E-state index contributed by atoms with van der Waals surface area (Å²) in [5, 5.41) is 20.9. The SMILES string of the molecule is CC(C(=O)O)n1cc(C(=O)Nc2nn(Cc3ccc(Cl)c(Cl)c3)cc2Br)cn1. The number of aliphatic carboxylic acids is 1. The summed E-state index contributed by atoms with van der Waals surface area (Å²) in [6, 6.07) is 4.41. The molecular formula is C17H14BrCl2N5O3. The highest BCUT2D eigenvalue weighted by molar-refractivity contribution is 9.10. The van der Waals surface area contributed by atoms with Crippen LogP contribution in [0.5, 0.6) is 0 Å². The van der Waals surface area contributed by atoms with Gasteiger partial charge in [0.15, 0.2) is 5.82 Å². The van der Waals surface area contributed by atoms with Crippen LogP contribution in [-0.2, 0) is 11.3 Å². The Morgan fingerprint density at radius 1 is 1.29 bits per heavy atom. The summed E-state index contributed by atoms with van der Waals surface area (Å²) >= 11 is 15.3. The average Bonchev–Trinajstić information content (AvgIpc) is 3.25. The maximum absolute atomic E-state index is 12.4. The van der Waals surface area contributed by atoms with Crippen LogP contribution in [0.2, 0.25) is 10.0 Å². The van der Waals surface area contributed by atoms with Crippen LogP contribution in [0.3, 0.4) is 0 Å². The Kier molecular flexibility index (Phi) is 6.07. The number of carboxylic acid groups (broad SMARTS) is 1. The number of hydrogen-bond donors (Lipinski definition) is 2. The minimum Gasteiger partial charge on any atom is -0.480 e. The van der Waals surface area contributed by atoms with Gasteiger partial charge in [-0.3, -0.25) is 14.2 Å². The molecule has 3 aromatic rings. The first-order valence-corrected chi connectivity index (χ1v) is 9.54. The number of aromatic nitrogens is 4. The summed E-state index contributed by atoms with van der Waals surface area (Å²) in [6.07, 6.45) is 4.39. The highest BCUT2D eigenvalue weighted by Gasteiger charge is 2.18. The average molecular weight is 487 g/mol. The second kappa shape index (κ2) is 8.34. The number of carbonyl (C=O) groups excluding carboxylic acids is 1. The van der Waals surface area contributed by atoms with Gasteiger partial charge in [-0.15, -0.1) is 0 Å². The number of carboxylic acids is 1. The van der Waals surface area contributed by atoms with Gasteiger partial charge >= 0.3 is 5.97 Å². The summed E-state index contributed by atoms with van der Waals surface area (Å²) in [4.78, 5) is 23.4. The zero-order chi connectivity index (χ0) is 20.4. The Balaban J connectivity index is 1.72. The molecule has 0 spiro atoms. The molecular weight excluding hydrogens is 473 g/mol. The zero-order valence-corrected chi connectivity index (χ0v) is 17.5. The van der Waals surface area contributed by atoms with E-state index in [0.717, 1.165) is 5.56 Å². The molecule has 0 aliphatic carbocycles. The second-order valence-corrected chi connectivity index (χ2v) is 7.62. The van der Waals surface area contributed by atoms with E-state index in [-0.39, 0.29) is 5.56 Å². The first kappa shape index (κ1) is 20.4. The molecule has 1 unspecified atom stereocenters. The van der Waals surface area contributed by atoms with E-state index in [4.69, 9.17) is 28.3 Å². The van der Waals surface area contributed by atoms with Crippen LogP contribution in [0.25, 0.3) is 0 Å². The van der Waals surface area contributed by atoms with Crippen LogP contribution in [0.4, 0.5) is 5.82 Å². The van der Waals surface area contributed by atoms with Crippen molar-refractivity contribution in [2.75, 3.05) is 5.32 Å². The predicted molar refractivity (Wildman–Crippen MR) is 108 cm³/mol. The fourth-order valence-electron chi connectivity index (χ4n) is 2.35. The molecule has 2 heterocycles. The third-order valence-electron chi connectivity index (χ3n) is 3.90. The third-order valence-corrected chi connectivity index (χ3v) is 5.21. The maximum atomic E-state index is 12.4. The van der Waals surface area contributed by atoms with Crippen LogP contribution < -0.4 is 5.32 Å². The molecule has 3 rings (SSSR count). The summed E-state index contributed by atoms with van der Waals surface area (Å²) in [6.45, 7) is 1.90. The predicted octanol–water partition coefficient (Wildman–Crippen LogP) is 4.10. The van der Waals surface area contributed by atoms with Crippen LogP contribution in [0.1, 0.15) is 28.9 Å². The van der Waals surface area contributed by atoms with Gasteiger partial charge in [-0.2, -0.15) is 10.2 Å². The van der Waals surface area contributed by atoms with Crippen molar-refractivity contribution >= 4 is 56.8 Å². The molecule has 0 saturated carbocycles. The smallest absolute Gasteiger partial charge is 0.328 e. The van der Waals surface area contributed by atoms with E-state index in [9.17, 15) is 9.59 Å². The number of hydrogen-bond acceptors (Lipinski definition) is 4. The van der Waals surface area contributed by atoms with Crippen molar-refractivity contribution in [3.8, 4) is 0 Å². The normalized spacial score (nSPS) is 12.0. The highest BCUT2D eigenvalue weighted by atomic mass is 79.9. The Morgan fingerprint density at radius 2 is 2.04 bits per heavy atom. The third kappa shape index (κ3) is 4.54. The second-order valence-electron chi connectivity index (χ2n) is 5.95. The van der Waals surface area contributed by atoms with Gasteiger partial charge in [0.2, 0.25) is 0 Å². The van der Waals surface area contributed by atoms with E-state index >= 15 is 0 Å². The van der Waals surface area contributed by atoms with Gasteiger partial charge in [0.05, 0.1) is 32.8 Å². The number of nitrogens with zero attached hydrogens (tertiary/aromatic N) is 4. The molecule has 0 bridgehead atoms. The molecule has 11 heteroatoms. The largest absolute Gasteiger partial charge is 0.480 e. The Hall–Kier alpha value is -2.36. The molecule has 8 nitrogen and oxygen atoms in total. The van der Waals surface area contributed by atoms with Crippen molar-refractivity contribution in [1.29, 1.82) is 0 Å². The van der Waals surface area contributed by atoms with Crippen molar-refractivity contribution in [2.24, 2.45) is 0 Å². The minimum atomic E-state index is -1.04. The molecule has 0 fully saturated rings. The number of rotatable bonds is 6. The molecule has 2 N–H and O–H groups in total. The van der Waals surface area contributed by atoms with E-state index < -0.39 is 17.9 Å². The van der Waals surface area contributed by atoms with Crippen LogP contribution in [0, 0.1) is 0 Å². The van der Waals surface area contributed by atoms with E-state index in [0.29, 0.717) is 26.9 Å². The van der Waals surface area contributed by atoms with E-state index in [1.807, 2.05) is 6.07 Å². The first-order valence-electron chi connectivity index (χ1n) is 8.00. The lowest BCUT2D eigenvalue weighted by atomic mass is 10.2. The molecule has 28 heavy (non-hydrogen) atoms. The van der Waals surface area contributed by atoms with Crippen LogP contribution in [-0.4, -0.2) is 36.5 Å². The lowest BCUT2D eigenvalue weighted by Crippen LogP contribution is -2.16. The van der Waals surface area contributed by atoms with Gasteiger partial charge in [0, 0.05) is 12.4 Å². The van der Waals surface area contributed by atoms with E-state index in [1.165, 1.54) is 24.0 Å². The Bertz CT molecular complexity index is 1050. The van der Waals surface area contributed by atoms with Gasteiger partial charge in [0.1, 0.15) is 6.04 Å². The number of amides is 1. The van der Waals surface area contributed by atoms with Crippen molar-refractivity contribution in [3.05, 3.63) is 62.4 Å². The van der Waals surface area contributed by atoms with Crippen molar-refractivity contribution < 1.29 is 14.7 Å². The number of carbonyl (C=O) groups is 2. The molecule has 1 amide bonds. The van der Waals surface area contributed by atoms with Gasteiger partial charge in [0.25, 0.3) is 5.91 Å². The molecule has 0 aliphatic heterocycles. The zero-order valence-electron chi connectivity index (χ0n) is 14.4. The van der Waals surface area contributed by atoms with Gasteiger partial charge in [-0.05, 0) is 40.5 Å². The summed E-state index contributed by atoms with van der Waals surface area (Å²) in [5.41, 5.74) is 1.12. The molecule has 0 saturated heterocycles. The van der Waals surface area contributed by atoms with Gasteiger partial charge in [-0.1, -0.05) is 29.3 Å². The van der Waals surface area contributed by atoms with E-state index in [1.54, 1.807) is 23.0 Å². The summed E-state index contributed by atoms with van der Waals surface area (Å²) in [5.74, 6) is -1.17. The minimum absolute atomic E-state index is 0.221. The quantitative estimate of drug-likeness (QED) is 0.546. The maximum Gasteiger partial charge on any atom is 0.328 e. The van der Waals surface area contributed by atoms with Crippen molar-refractivity contribution in [3.63, 3.8) is 0 Å². The number of benzene rings is 1. The molecule has 0 aliphatic rings. The first-order chi connectivity index (χ1) is 13.2. The molecule has 1 atom stereocenters. The lowest BCUT2D eigenvalue weighted by molar-refractivity contribution is -0.140. The van der Waals surface area contributed by atoms with Crippen molar-refractivity contribution in [1.82, 2.24) is 19.6 Å².